The highest BCUT2D eigenvalue weighted by Crippen LogP contribution is 2.34. The molecule has 2 aliphatic rings. The molecule has 1 saturated heterocycles. The SMILES string of the molecule is O=S(=O)(c1ccc2c(c1)OCCO2)N1CCC[C@@H](Cc2nc(-c3cnccn3)no2)C1. The van der Waals surface area contributed by atoms with Crippen LogP contribution in [0, 0.1) is 5.92 Å². The van der Waals surface area contributed by atoms with E-state index in [2.05, 4.69) is 20.1 Å². The summed E-state index contributed by atoms with van der Waals surface area (Å²) < 4.78 is 44.4. The second kappa shape index (κ2) is 8.23. The quantitative estimate of drug-likeness (QED) is 0.582. The van der Waals surface area contributed by atoms with Gasteiger partial charge in [0.2, 0.25) is 21.7 Å². The number of benzene rings is 1. The molecule has 162 valence electrons. The van der Waals surface area contributed by atoms with Gasteiger partial charge in [0.1, 0.15) is 18.9 Å². The lowest BCUT2D eigenvalue weighted by atomic mass is 9.96. The standard InChI is InChI=1S/C20H21N5O5S/c26-31(27,15-3-4-17-18(11-15)29-9-8-28-17)25-7-1-2-14(13-25)10-19-23-20(24-30-19)16-12-21-5-6-22-16/h3-6,11-12,14H,1-2,7-10,13H2/t14-/m0/s1. The van der Waals surface area contributed by atoms with Gasteiger partial charge in [0, 0.05) is 38.0 Å². The molecule has 3 aromatic rings. The summed E-state index contributed by atoms with van der Waals surface area (Å²) in [5.41, 5.74) is 0.531. The first-order valence-electron chi connectivity index (χ1n) is 10.1. The zero-order valence-corrected chi connectivity index (χ0v) is 17.5. The minimum atomic E-state index is -3.65. The van der Waals surface area contributed by atoms with Crippen LogP contribution in [0.1, 0.15) is 18.7 Å². The maximum atomic E-state index is 13.2. The van der Waals surface area contributed by atoms with Crippen molar-refractivity contribution in [2.75, 3.05) is 26.3 Å². The first-order chi connectivity index (χ1) is 15.1. The summed E-state index contributed by atoms with van der Waals surface area (Å²) in [5.74, 6) is 1.94. The van der Waals surface area contributed by atoms with Crippen molar-refractivity contribution in [2.24, 2.45) is 5.92 Å². The molecular weight excluding hydrogens is 422 g/mol. The molecule has 2 aromatic heterocycles. The van der Waals surface area contributed by atoms with Crippen molar-refractivity contribution in [3.05, 3.63) is 42.7 Å². The summed E-state index contributed by atoms with van der Waals surface area (Å²) in [5, 5.41) is 3.96. The summed E-state index contributed by atoms with van der Waals surface area (Å²) in [7, 11) is -3.65. The number of rotatable bonds is 5. The van der Waals surface area contributed by atoms with Gasteiger partial charge < -0.3 is 14.0 Å². The number of hydrogen-bond acceptors (Lipinski definition) is 9. The normalized spacial score (nSPS) is 19.3. The van der Waals surface area contributed by atoms with E-state index in [0.29, 0.717) is 61.6 Å². The predicted molar refractivity (Wildman–Crippen MR) is 108 cm³/mol. The van der Waals surface area contributed by atoms with E-state index >= 15 is 0 Å². The van der Waals surface area contributed by atoms with Gasteiger partial charge in [-0.2, -0.15) is 9.29 Å². The van der Waals surface area contributed by atoms with Crippen LogP contribution in [0.5, 0.6) is 11.5 Å². The Labute approximate surface area is 179 Å². The highest BCUT2D eigenvalue weighted by molar-refractivity contribution is 7.89. The van der Waals surface area contributed by atoms with Crippen molar-refractivity contribution in [3.63, 3.8) is 0 Å². The van der Waals surface area contributed by atoms with Crippen LogP contribution in [0.2, 0.25) is 0 Å². The fourth-order valence-electron chi connectivity index (χ4n) is 3.85. The molecule has 0 aliphatic carbocycles. The van der Waals surface area contributed by atoms with Crippen LogP contribution in [0.4, 0.5) is 0 Å². The second-order valence-electron chi connectivity index (χ2n) is 7.48. The van der Waals surface area contributed by atoms with Crippen LogP contribution < -0.4 is 9.47 Å². The molecule has 1 aromatic carbocycles. The Morgan fingerprint density at radius 3 is 2.84 bits per heavy atom. The molecule has 5 rings (SSSR count). The topological polar surface area (TPSA) is 121 Å². The Balaban J connectivity index is 1.29. The number of piperidine rings is 1. The molecule has 0 spiro atoms. The summed E-state index contributed by atoms with van der Waals surface area (Å²) in [6, 6.07) is 4.76. The molecule has 11 heteroatoms. The van der Waals surface area contributed by atoms with E-state index in [1.165, 1.54) is 4.31 Å². The fraction of sp³-hybridized carbons (Fsp3) is 0.400. The number of ether oxygens (including phenoxy) is 2. The lowest BCUT2D eigenvalue weighted by Crippen LogP contribution is -2.40. The summed E-state index contributed by atoms with van der Waals surface area (Å²) >= 11 is 0. The van der Waals surface area contributed by atoms with Gasteiger partial charge in [-0.3, -0.25) is 4.98 Å². The highest BCUT2D eigenvalue weighted by Gasteiger charge is 2.32. The fourth-order valence-corrected chi connectivity index (χ4v) is 5.42. The number of hydrogen-bond donors (Lipinski definition) is 0. The van der Waals surface area contributed by atoms with Crippen molar-refractivity contribution >= 4 is 10.0 Å². The molecule has 0 bridgehead atoms. The van der Waals surface area contributed by atoms with E-state index in [1.54, 1.807) is 36.8 Å². The highest BCUT2D eigenvalue weighted by atomic mass is 32.2. The van der Waals surface area contributed by atoms with Gasteiger partial charge >= 0.3 is 0 Å². The third-order valence-electron chi connectivity index (χ3n) is 5.36. The molecule has 0 saturated carbocycles. The molecule has 0 radical (unpaired) electrons. The van der Waals surface area contributed by atoms with Crippen LogP contribution >= 0.6 is 0 Å². The van der Waals surface area contributed by atoms with Gasteiger partial charge in [-0.25, -0.2) is 13.4 Å². The van der Waals surface area contributed by atoms with E-state index in [9.17, 15) is 8.42 Å². The van der Waals surface area contributed by atoms with Crippen molar-refractivity contribution < 1.29 is 22.4 Å². The first kappa shape index (κ1) is 19.9. The van der Waals surface area contributed by atoms with Crippen LogP contribution in [-0.2, 0) is 16.4 Å². The van der Waals surface area contributed by atoms with Gasteiger partial charge in [0.15, 0.2) is 11.5 Å². The molecule has 31 heavy (non-hydrogen) atoms. The third kappa shape index (κ3) is 4.10. The molecule has 1 atom stereocenters. The van der Waals surface area contributed by atoms with E-state index < -0.39 is 10.0 Å². The van der Waals surface area contributed by atoms with Crippen LogP contribution in [0.15, 0.2) is 46.2 Å². The van der Waals surface area contributed by atoms with Crippen LogP contribution in [-0.4, -0.2) is 59.1 Å². The maximum Gasteiger partial charge on any atom is 0.243 e. The van der Waals surface area contributed by atoms with Crippen molar-refractivity contribution in [2.45, 2.75) is 24.2 Å². The van der Waals surface area contributed by atoms with Gasteiger partial charge in [-0.05, 0) is 30.9 Å². The number of fused-ring (bicyclic) bond motifs is 1. The Kier molecular flexibility index (Phi) is 5.28. The summed E-state index contributed by atoms with van der Waals surface area (Å²) in [6.07, 6.45) is 6.85. The van der Waals surface area contributed by atoms with Crippen molar-refractivity contribution in [1.29, 1.82) is 0 Å². The minimum absolute atomic E-state index is 0.0795. The number of aromatic nitrogens is 4. The maximum absolute atomic E-state index is 13.2. The Bertz CT molecular complexity index is 1170. The number of sulfonamides is 1. The smallest absolute Gasteiger partial charge is 0.243 e. The molecule has 0 amide bonds. The van der Waals surface area contributed by atoms with Gasteiger partial charge in [-0.1, -0.05) is 5.16 Å². The lowest BCUT2D eigenvalue weighted by molar-refractivity contribution is 0.171. The summed E-state index contributed by atoms with van der Waals surface area (Å²) in [6.45, 7) is 1.73. The van der Waals surface area contributed by atoms with Crippen molar-refractivity contribution in [3.8, 4) is 23.0 Å². The molecule has 4 heterocycles. The Morgan fingerprint density at radius 1 is 1.13 bits per heavy atom. The van der Waals surface area contributed by atoms with E-state index in [0.717, 1.165) is 12.8 Å². The van der Waals surface area contributed by atoms with Crippen LogP contribution in [0.3, 0.4) is 0 Å². The first-order valence-corrected chi connectivity index (χ1v) is 11.5. The largest absolute Gasteiger partial charge is 0.486 e. The van der Waals surface area contributed by atoms with Gasteiger partial charge in [-0.15, -0.1) is 0 Å². The third-order valence-corrected chi connectivity index (χ3v) is 7.22. The predicted octanol–water partition coefficient (Wildman–Crippen LogP) is 1.94. The lowest BCUT2D eigenvalue weighted by Gasteiger charge is -2.31. The molecule has 2 aliphatic heterocycles. The average Bonchev–Trinajstić information content (AvgIpc) is 3.28. The van der Waals surface area contributed by atoms with Gasteiger partial charge in [0.05, 0.1) is 11.1 Å². The zero-order chi connectivity index (χ0) is 21.3. The number of nitrogens with zero attached hydrogens (tertiary/aromatic N) is 5. The monoisotopic (exact) mass is 443 g/mol. The van der Waals surface area contributed by atoms with Crippen molar-refractivity contribution in [1.82, 2.24) is 24.4 Å². The molecule has 1 fully saturated rings. The molecule has 10 nitrogen and oxygen atoms in total. The van der Waals surface area contributed by atoms with E-state index in [1.807, 2.05) is 0 Å². The Hall–Kier alpha value is -3.05. The summed E-state index contributed by atoms with van der Waals surface area (Å²) in [4.78, 5) is 12.8. The van der Waals surface area contributed by atoms with E-state index in [4.69, 9.17) is 14.0 Å². The molecule has 0 unspecified atom stereocenters. The minimum Gasteiger partial charge on any atom is -0.486 e. The average molecular weight is 443 g/mol. The van der Waals surface area contributed by atoms with Crippen LogP contribution in [0.25, 0.3) is 11.5 Å². The molecule has 0 N–H and O–H groups in total. The zero-order valence-electron chi connectivity index (χ0n) is 16.7. The molecular formula is C20H21N5O5S. The Morgan fingerprint density at radius 2 is 2.00 bits per heavy atom. The second-order valence-corrected chi connectivity index (χ2v) is 9.42. The van der Waals surface area contributed by atoms with E-state index in [-0.39, 0.29) is 10.8 Å². The van der Waals surface area contributed by atoms with Gasteiger partial charge in [0.25, 0.3) is 0 Å².